The fourth-order valence-electron chi connectivity index (χ4n) is 1.42. The van der Waals surface area contributed by atoms with Crippen LogP contribution in [0.25, 0.3) is 0 Å². The number of aromatic nitrogens is 2. The minimum absolute atomic E-state index is 0.324. The highest BCUT2D eigenvalue weighted by atomic mass is 35.5. The van der Waals surface area contributed by atoms with Crippen LogP contribution in [0.4, 0.5) is 5.95 Å². The first-order chi connectivity index (χ1) is 6.84. The third kappa shape index (κ3) is 2.56. The maximum absolute atomic E-state index is 5.68. The van der Waals surface area contributed by atoms with Crippen molar-refractivity contribution < 1.29 is 4.74 Å². The smallest absolute Gasteiger partial charge is 0.222 e. The largest absolute Gasteiger partial charge is 0.379 e. The summed E-state index contributed by atoms with van der Waals surface area (Å²) in [5.74, 6) is 0.616. The van der Waals surface area contributed by atoms with Crippen LogP contribution in [-0.2, 0) is 4.74 Å². The number of halogens is 1. The van der Waals surface area contributed by atoms with Gasteiger partial charge in [0, 0.05) is 6.61 Å². The van der Waals surface area contributed by atoms with Crippen molar-refractivity contribution in [1.82, 2.24) is 9.97 Å². The van der Waals surface area contributed by atoms with E-state index in [1.54, 1.807) is 12.4 Å². The van der Waals surface area contributed by atoms with E-state index in [0.717, 1.165) is 26.1 Å². The highest BCUT2D eigenvalue weighted by Gasteiger charge is 2.13. The number of hydrogen-bond acceptors (Lipinski definition) is 4. The molecule has 1 saturated heterocycles. The molecular weight excluding hydrogens is 202 g/mol. The zero-order valence-electron chi connectivity index (χ0n) is 7.74. The monoisotopic (exact) mass is 213 g/mol. The average molecular weight is 214 g/mol. The molecule has 1 aromatic rings. The predicted octanol–water partition coefficient (Wildman–Crippen LogP) is 1.72. The van der Waals surface area contributed by atoms with Gasteiger partial charge in [-0.2, -0.15) is 0 Å². The number of nitrogens with zero attached hydrogens (tertiary/aromatic N) is 2. The molecule has 0 saturated carbocycles. The van der Waals surface area contributed by atoms with Gasteiger partial charge in [-0.3, -0.25) is 0 Å². The van der Waals surface area contributed by atoms with Crippen molar-refractivity contribution in [2.45, 2.75) is 18.9 Å². The molecule has 0 amide bonds. The zero-order chi connectivity index (χ0) is 9.80. The Kier molecular flexibility index (Phi) is 3.16. The molecule has 0 aliphatic carbocycles. The molecule has 76 valence electrons. The summed E-state index contributed by atoms with van der Waals surface area (Å²) in [6.45, 7) is 1.59. The van der Waals surface area contributed by atoms with E-state index in [1.807, 2.05) is 0 Å². The Hall–Kier alpha value is -0.870. The lowest BCUT2D eigenvalue weighted by Crippen LogP contribution is -2.30. The van der Waals surface area contributed by atoms with Gasteiger partial charge < -0.3 is 10.1 Å². The van der Waals surface area contributed by atoms with Crippen molar-refractivity contribution in [3.8, 4) is 0 Å². The van der Waals surface area contributed by atoms with Crippen LogP contribution in [0.2, 0.25) is 5.02 Å². The lowest BCUT2D eigenvalue weighted by molar-refractivity contribution is 0.0874. The van der Waals surface area contributed by atoms with Gasteiger partial charge in [0.1, 0.15) is 0 Å². The van der Waals surface area contributed by atoms with Crippen molar-refractivity contribution >= 4 is 17.5 Å². The van der Waals surface area contributed by atoms with Gasteiger partial charge in [-0.15, -0.1) is 0 Å². The Bertz CT molecular complexity index is 285. The van der Waals surface area contributed by atoms with Crippen molar-refractivity contribution in [3.05, 3.63) is 17.4 Å². The molecule has 1 aliphatic rings. The quantitative estimate of drug-likeness (QED) is 0.813. The fourth-order valence-corrected chi connectivity index (χ4v) is 1.52. The van der Waals surface area contributed by atoms with Crippen LogP contribution in [0.5, 0.6) is 0 Å². The second kappa shape index (κ2) is 4.57. The van der Waals surface area contributed by atoms with Crippen LogP contribution in [0, 0.1) is 0 Å². The molecule has 0 radical (unpaired) electrons. The first-order valence-electron chi connectivity index (χ1n) is 4.66. The topological polar surface area (TPSA) is 47.0 Å². The van der Waals surface area contributed by atoms with Crippen LogP contribution in [0.15, 0.2) is 12.4 Å². The third-order valence-corrected chi connectivity index (χ3v) is 2.31. The summed E-state index contributed by atoms with van der Waals surface area (Å²) in [5.41, 5.74) is 0. The van der Waals surface area contributed by atoms with E-state index in [1.165, 1.54) is 0 Å². The lowest BCUT2D eigenvalue weighted by Gasteiger charge is -2.22. The molecule has 1 N–H and O–H groups in total. The molecule has 1 aliphatic heterocycles. The normalized spacial score (nSPS) is 21.9. The zero-order valence-corrected chi connectivity index (χ0v) is 8.50. The summed E-state index contributed by atoms with van der Waals surface area (Å²) in [7, 11) is 0. The highest BCUT2D eigenvalue weighted by Crippen LogP contribution is 2.11. The fraction of sp³-hybridized carbons (Fsp3) is 0.556. The van der Waals surface area contributed by atoms with Crippen molar-refractivity contribution in [2.75, 3.05) is 18.5 Å². The van der Waals surface area contributed by atoms with Crippen LogP contribution in [0.1, 0.15) is 12.8 Å². The van der Waals surface area contributed by atoms with Gasteiger partial charge in [0.15, 0.2) is 0 Å². The Morgan fingerprint density at radius 1 is 1.43 bits per heavy atom. The molecular formula is C9H12ClN3O. The summed E-state index contributed by atoms with van der Waals surface area (Å²) in [6, 6.07) is 0.324. The second-order valence-electron chi connectivity index (χ2n) is 3.28. The average Bonchev–Trinajstić information content (AvgIpc) is 2.23. The minimum Gasteiger partial charge on any atom is -0.379 e. The Morgan fingerprint density at radius 3 is 2.86 bits per heavy atom. The highest BCUT2D eigenvalue weighted by molar-refractivity contribution is 6.30. The molecule has 5 heteroatoms. The molecule has 1 aromatic heterocycles. The number of nitrogens with one attached hydrogen (secondary N) is 1. The van der Waals surface area contributed by atoms with E-state index in [0.29, 0.717) is 17.0 Å². The Balaban J connectivity index is 1.92. The van der Waals surface area contributed by atoms with Crippen molar-refractivity contribution in [3.63, 3.8) is 0 Å². The summed E-state index contributed by atoms with van der Waals surface area (Å²) in [4.78, 5) is 8.13. The van der Waals surface area contributed by atoms with Crippen molar-refractivity contribution in [1.29, 1.82) is 0 Å². The lowest BCUT2D eigenvalue weighted by atomic mass is 10.1. The van der Waals surface area contributed by atoms with E-state index in [9.17, 15) is 0 Å². The molecule has 2 rings (SSSR count). The van der Waals surface area contributed by atoms with Gasteiger partial charge in [-0.1, -0.05) is 11.6 Å². The predicted molar refractivity (Wildman–Crippen MR) is 54.5 cm³/mol. The van der Waals surface area contributed by atoms with E-state index in [2.05, 4.69) is 15.3 Å². The van der Waals surface area contributed by atoms with Gasteiger partial charge in [0.05, 0.1) is 30.1 Å². The molecule has 4 nitrogen and oxygen atoms in total. The number of anilines is 1. The van der Waals surface area contributed by atoms with E-state index >= 15 is 0 Å². The summed E-state index contributed by atoms with van der Waals surface area (Å²) in [5, 5.41) is 3.75. The van der Waals surface area contributed by atoms with Gasteiger partial charge in [0.2, 0.25) is 5.95 Å². The minimum atomic E-state index is 0.324. The van der Waals surface area contributed by atoms with Crippen molar-refractivity contribution in [2.24, 2.45) is 0 Å². The first-order valence-corrected chi connectivity index (χ1v) is 5.04. The van der Waals surface area contributed by atoms with E-state index in [-0.39, 0.29) is 0 Å². The van der Waals surface area contributed by atoms with Crippen LogP contribution >= 0.6 is 11.6 Å². The maximum atomic E-state index is 5.68. The standard InChI is InChI=1S/C9H12ClN3O/c10-7-4-11-9(12-5-7)13-8-2-1-3-14-6-8/h4-5,8H,1-3,6H2,(H,11,12,13)/t8-/m0/s1. The molecule has 2 heterocycles. The van der Waals surface area contributed by atoms with E-state index in [4.69, 9.17) is 16.3 Å². The number of ether oxygens (including phenoxy) is 1. The molecule has 14 heavy (non-hydrogen) atoms. The number of rotatable bonds is 2. The van der Waals surface area contributed by atoms with Gasteiger partial charge in [-0.05, 0) is 12.8 Å². The van der Waals surface area contributed by atoms with Gasteiger partial charge in [-0.25, -0.2) is 9.97 Å². The first kappa shape index (κ1) is 9.68. The summed E-state index contributed by atoms with van der Waals surface area (Å²) in [6.07, 6.45) is 5.36. The molecule has 0 bridgehead atoms. The summed E-state index contributed by atoms with van der Waals surface area (Å²) >= 11 is 5.68. The maximum Gasteiger partial charge on any atom is 0.222 e. The third-order valence-electron chi connectivity index (χ3n) is 2.11. The summed E-state index contributed by atoms with van der Waals surface area (Å²) < 4.78 is 5.33. The van der Waals surface area contributed by atoms with Crippen LogP contribution in [0.3, 0.4) is 0 Å². The molecule has 1 fully saturated rings. The SMILES string of the molecule is Clc1cnc(N[C@H]2CCCOC2)nc1. The van der Waals surface area contributed by atoms with Gasteiger partial charge in [0.25, 0.3) is 0 Å². The molecule has 0 spiro atoms. The van der Waals surface area contributed by atoms with Crippen LogP contribution in [-0.4, -0.2) is 29.2 Å². The Morgan fingerprint density at radius 2 is 2.21 bits per heavy atom. The second-order valence-corrected chi connectivity index (χ2v) is 3.72. The van der Waals surface area contributed by atoms with E-state index < -0.39 is 0 Å². The molecule has 1 atom stereocenters. The Labute approximate surface area is 87.7 Å². The van der Waals surface area contributed by atoms with Crippen LogP contribution < -0.4 is 5.32 Å². The number of hydrogen-bond donors (Lipinski definition) is 1. The molecule has 0 aromatic carbocycles. The molecule has 0 unspecified atom stereocenters. The van der Waals surface area contributed by atoms with Gasteiger partial charge >= 0.3 is 0 Å².